The molecule has 150 valence electrons. The lowest BCUT2D eigenvalue weighted by molar-refractivity contribution is 0.0660. The van der Waals surface area contributed by atoms with Crippen molar-refractivity contribution in [3.8, 4) is 0 Å². The Labute approximate surface area is 167 Å². The van der Waals surface area contributed by atoms with Crippen LogP contribution in [-0.2, 0) is 10.0 Å². The van der Waals surface area contributed by atoms with E-state index in [4.69, 9.17) is 8.83 Å². The van der Waals surface area contributed by atoms with E-state index < -0.39 is 16.1 Å². The van der Waals surface area contributed by atoms with E-state index >= 15 is 0 Å². The van der Waals surface area contributed by atoms with Gasteiger partial charge in [0.15, 0.2) is 5.76 Å². The number of hydrogen-bond donors (Lipinski definition) is 1. The third-order valence-electron chi connectivity index (χ3n) is 4.59. The SMILES string of the molecule is CCS(=O)(=O)Nc1ccc(C2=NN(C(=O)c3ccco3)[C@@H](c3ccco3)C2)cc1. The molecule has 3 aromatic rings. The fraction of sp³-hybridized carbons (Fsp3) is 0.200. The summed E-state index contributed by atoms with van der Waals surface area (Å²) in [6.07, 6.45) is 3.45. The molecule has 0 aliphatic carbocycles. The summed E-state index contributed by atoms with van der Waals surface area (Å²) in [5.41, 5.74) is 1.95. The fourth-order valence-electron chi connectivity index (χ4n) is 3.07. The quantitative estimate of drug-likeness (QED) is 0.664. The predicted octanol–water partition coefficient (Wildman–Crippen LogP) is 3.63. The molecule has 0 saturated heterocycles. The lowest BCUT2D eigenvalue weighted by Crippen LogP contribution is -2.26. The van der Waals surface area contributed by atoms with Crippen LogP contribution < -0.4 is 4.72 Å². The third-order valence-corrected chi connectivity index (χ3v) is 5.90. The Hall–Kier alpha value is -3.33. The number of rotatable bonds is 6. The maximum absolute atomic E-state index is 12.8. The molecule has 0 spiro atoms. The van der Waals surface area contributed by atoms with E-state index in [1.54, 1.807) is 61.7 Å². The molecule has 0 saturated carbocycles. The Balaban J connectivity index is 1.62. The van der Waals surface area contributed by atoms with Crippen molar-refractivity contribution in [2.45, 2.75) is 19.4 Å². The van der Waals surface area contributed by atoms with Crippen LogP contribution in [0.15, 0.2) is 75.0 Å². The van der Waals surface area contributed by atoms with Crippen molar-refractivity contribution in [3.63, 3.8) is 0 Å². The summed E-state index contributed by atoms with van der Waals surface area (Å²) in [6.45, 7) is 1.57. The van der Waals surface area contributed by atoms with Crippen LogP contribution in [0.2, 0.25) is 0 Å². The molecule has 1 aliphatic rings. The Morgan fingerprint density at radius 1 is 1.14 bits per heavy atom. The molecule has 8 nitrogen and oxygen atoms in total. The number of anilines is 1. The number of carbonyl (C=O) groups excluding carboxylic acids is 1. The molecule has 2 aromatic heterocycles. The van der Waals surface area contributed by atoms with Crippen LogP contribution in [0.25, 0.3) is 0 Å². The van der Waals surface area contributed by atoms with Crippen molar-refractivity contribution in [1.29, 1.82) is 0 Å². The molecular weight excluding hydrogens is 394 g/mol. The molecule has 4 rings (SSSR count). The number of hydrazone groups is 1. The summed E-state index contributed by atoms with van der Waals surface area (Å²) in [6, 6.07) is 13.3. The van der Waals surface area contributed by atoms with Gasteiger partial charge in [-0.15, -0.1) is 0 Å². The molecular formula is C20H19N3O5S. The molecule has 9 heteroatoms. The van der Waals surface area contributed by atoms with E-state index in [1.165, 1.54) is 11.3 Å². The summed E-state index contributed by atoms with van der Waals surface area (Å²) in [5.74, 6) is 0.446. The fourth-order valence-corrected chi connectivity index (χ4v) is 3.71. The predicted molar refractivity (Wildman–Crippen MR) is 107 cm³/mol. The molecule has 0 radical (unpaired) electrons. The zero-order valence-electron chi connectivity index (χ0n) is 15.6. The Morgan fingerprint density at radius 3 is 2.48 bits per heavy atom. The summed E-state index contributed by atoms with van der Waals surface area (Å²) in [5, 5.41) is 5.88. The summed E-state index contributed by atoms with van der Waals surface area (Å²) in [7, 11) is -3.34. The smallest absolute Gasteiger partial charge is 0.310 e. The van der Waals surface area contributed by atoms with Gasteiger partial charge in [-0.05, 0) is 48.9 Å². The van der Waals surface area contributed by atoms with Gasteiger partial charge in [-0.1, -0.05) is 12.1 Å². The second kappa shape index (κ2) is 7.59. The van der Waals surface area contributed by atoms with Gasteiger partial charge >= 0.3 is 5.91 Å². The Kier molecular flexibility index (Phi) is 4.98. The lowest BCUT2D eigenvalue weighted by Gasteiger charge is -2.18. The minimum Gasteiger partial charge on any atom is -0.467 e. The third kappa shape index (κ3) is 3.95. The molecule has 1 atom stereocenters. The molecule has 0 fully saturated rings. The number of sulfonamides is 1. The minimum atomic E-state index is -3.34. The van der Waals surface area contributed by atoms with Crippen molar-refractivity contribution in [2.75, 3.05) is 10.5 Å². The highest BCUT2D eigenvalue weighted by atomic mass is 32.2. The van der Waals surface area contributed by atoms with Gasteiger partial charge < -0.3 is 8.83 Å². The number of furan rings is 2. The molecule has 1 aromatic carbocycles. The second-order valence-corrected chi connectivity index (χ2v) is 8.50. The second-order valence-electron chi connectivity index (χ2n) is 6.49. The monoisotopic (exact) mass is 413 g/mol. The van der Waals surface area contributed by atoms with Gasteiger partial charge in [0, 0.05) is 12.1 Å². The first kappa shape index (κ1) is 19.0. The largest absolute Gasteiger partial charge is 0.467 e. The molecule has 0 unspecified atom stereocenters. The molecule has 3 heterocycles. The number of nitrogens with zero attached hydrogens (tertiary/aromatic N) is 2. The highest BCUT2D eigenvalue weighted by Crippen LogP contribution is 2.34. The van der Waals surface area contributed by atoms with Crippen LogP contribution in [0, 0.1) is 0 Å². The van der Waals surface area contributed by atoms with Crippen LogP contribution in [0.3, 0.4) is 0 Å². The van der Waals surface area contributed by atoms with Crippen molar-refractivity contribution < 1.29 is 22.0 Å². The first-order valence-electron chi connectivity index (χ1n) is 9.05. The normalized spacial score (nSPS) is 16.7. The maximum Gasteiger partial charge on any atom is 0.310 e. The van der Waals surface area contributed by atoms with Crippen LogP contribution in [0.4, 0.5) is 5.69 Å². The van der Waals surface area contributed by atoms with E-state index in [0.717, 1.165) is 5.56 Å². The Morgan fingerprint density at radius 2 is 1.86 bits per heavy atom. The average molecular weight is 413 g/mol. The number of carbonyl (C=O) groups is 1. The van der Waals surface area contributed by atoms with E-state index in [2.05, 4.69) is 9.82 Å². The number of amides is 1. The van der Waals surface area contributed by atoms with Crippen LogP contribution in [0.1, 0.15) is 41.3 Å². The van der Waals surface area contributed by atoms with E-state index in [-0.39, 0.29) is 17.4 Å². The van der Waals surface area contributed by atoms with Crippen molar-refractivity contribution in [3.05, 3.63) is 78.1 Å². The van der Waals surface area contributed by atoms with Crippen molar-refractivity contribution in [1.82, 2.24) is 5.01 Å². The van der Waals surface area contributed by atoms with Crippen molar-refractivity contribution >= 4 is 27.3 Å². The van der Waals surface area contributed by atoms with Crippen molar-refractivity contribution in [2.24, 2.45) is 5.10 Å². The van der Waals surface area contributed by atoms with Gasteiger partial charge in [0.1, 0.15) is 11.8 Å². The van der Waals surface area contributed by atoms with Gasteiger partial charge in [0.25, 0.3) is 0 Å². The van der Waals surface area contributed by atoms with E-state index in [1.807, 2.05) is 0 Å². The Bertz CT molecular complexity index is 1120. The minimum absolute atomic E-state index is 0.00383. The van der Waals surface area contributed by atoms with Gasteiger partial charge in [0.2, 0.25) is 10.0 Å². The summed E-state index contributed by atoms with van der Waals surface area (Å²) >= 11 is 0. The van der Waals surface area contributed by atoms with Crippen LogP contribution in [-0.4, -0.2) is 30.8 Å². The standard InChI is InChI=1S/C20H19N3O5S/c1-2-29(25,26)22-15-9-7-14(8-10-15)16-13-17(18-5-3-11-27-18)23(21-16)20(24)19-6-4-12-28-19/h3-12,17,22H,2,13H2,1H3/t17-/m1/s1. The summed E-state index contributed by atoms with van der Waals surface area (Å²) in [4.78, 5) is 12.8. The van der Waals surface area contributed by atoms with E-state index in [9.17, 15) is 13.2 Å². The first-order valence-corrected chi connectivity index (χ1v) is 10.7. The van der Waals surface area contributed by atoms with E-state index in [0.29, 0.717) is 23.6 Å². The zero-order valence-corrected chi connectivity index (χ0v) is 16.4. The summed E-state index contributed by atoms with van der Waals surface area (Å²) < 4.78 is 36.7. The maximum atomic E-state index is 12.8. The van der Waals surface area contributed by atoms with Crippen LogP contribution in [0.5, 0.6) is 0 Å². The molecule has 1 N–H and O–H groups in total. The molecule has 1 aliphatic heterocycles. The number of benzene rings is 1. The van der Waals surface area contributed by atoms with Gasteiger partial charge in [-0.2, -0.15) is 5.10 Å². The zero-order chi connectivity index (χ0) is 20.4. The van der Waals surface area contributed by atoms with Gasteiger partial charge in [-0.3, -0.25) is 9.52 Å². The number of hydrogen-bond acceptors (Lipinski definition) is 6. The topological polar surface area (TPSA) is 105 Å². The lowest BCUT2D eigenvalue weighted by atomic mass is 10.0. The highest BCUT2D eigenvalue weighted by molar-refractivity contribution is 7.92. The number of nitrogens with one attached hydrogen (secondary N) is 1. The van der Waals surface area contributed by atoms with Crippen LogP contribution >= 0.6 is 0 Å². The van der Waals surface area contributed by atoms with Gasteiger partial charge in [0.05, 0.1) is 24.0 Å². The highest BCUT2D eigenvalue weighted by Gasteiger charge is 2.36. The van der Waals surface area contributed by atoms with Gasteiger partial charge in [-0.25, -0.2) is 13.4 Å². The molecule has 0 bridgehead atoms. The first-order chi connectivity index (χ1) is 14.0. The average Bonchev–Trinajstić information content (AvgIpc) is 3.49. The molecule has 1 amide bonds. The molecule has 29 heavy (non-hydrogen) atoms.